The second-order valence-electron chi connectivity index (χ2n) is 11.6. The Morgan fingerprint density at radius 3 is 2.21 bits per heavy atom. The zero-order valence-corrected chi connectivity index (χ0v) is 31.9. The van der Waals surface area contributed by atoms with Gasteiger partial charge in [0.2, 0.25) is 5.91 Å². The van der Waals surface area contributed by atoms with Gasteiger partial charge in [-0.1, -0.05) is 18.2 Å². The Balaban J connectivity index is 1.08. The Kier molecular flexibility index (Phi) is 15.5. The van der Waals surface area contributed by atoms with Gasteiger partial charge in [-0.25, -0.2) is 14.6 Å². The van der Waals surface area contributed by atoms with Gasteiger partial charge in [0.1, 0.15) is 12.1 Å². The van der Waals surface area contributed by atoms with Crippen LogP contribution in [0.5, 0.6) is 5.75 Å². The van der Waals surface area contributed by atoms with E-state index in [4.69, 9.17) is 23.7 Å². The molecular weight excluding hydrogens is 803 g/mol. The average Bonchev–Trinajstić information content (AvgIpc) is 3.86. The maximum Gasteiger partial charge on any atom is 0.295 e. The maximum absolute atomic E-state index is 13.6. The number of H-pyrrole nitrogens is 1. The summed E-state index contributed by atoms with van der Waals surface area (Å²) < 4.78 is 29.5. The molecule has 286 valence electrons. The van der Waals surface area contributed by atoms with E-state index in [9.17, 15) is 19.2 Å². The van der Waals surface area contributed by atoms with Gasteiger partial charge in [-0.3, -0.25) is 19.2 Å². The topological polar surface area (TPSA) is 192 Å². The third-order valence-electron chi connectivity index (χ3n) is 8.16. The van der Waals surface area contributed by atoms with E-state index in [0.29, 0.717) is 86.6 Å². The first-order valence-corrected chi connectivity index (χ1v) is 20.7. The number of halogens is 1. The Morgan fingerprint density at radius 1 is 0.868 bits per heavy atom. The molecule has 0 bridgehead atoms. The number of carbonyl (C=O) groups is 4. The quantitative estimate of drug-likeness (QED) is 0.0311. The van der Waals surface area contributed by atoms with Gasteiger partial charge in [0.15, 0.2) is 11.6 Å². The van der Waals surface area contributed by atoms with Crippen LogP contribution in [-0.4, -0.2) is 147 Å². The van der Waals surface area contributed by atoms with Gasteiger partial charge in [0.25, 0.3) is 17.6 Å². The van der Waals surface area contributed by atoms with Crippen molar-refractivity contribution in [3.63, 3.8) is 0 Å². The smallest absolute Gasteiger partial charge is 0.295 e. The number of aromatic nitrogens is 5. The third kappa shape index (κ3) is 11.0. The normalized spacial score (nSPS) is 13.1. The molecule has 1 aliphatic heterocycles. The fraction of sp³-hybridized carbons (Fsp3) is 0.457. The molecule has 0 spiro atoms. The number of benzene rings is 1. The molecule has 0 radical (unpaired) electrons. The van der Waals surface area contributed by atoms with Gasteiger partial charge < -0.3 is 24.8 Å². The Bertz CT molecular complexity index is 1810. The van der Waals surface area contributed by atoms with Gasteiger partial charge in [-0.15, -0.1) is 5.10 Å². The minimum absolute atomic E-state index is 0.0758. The molecule has 4 heterocycles. The number of nitrogens with one attached hydrogen (secondary N) is 2. The molecule has 17 nitrogen and oxygen atoms in total. The van der Waals surface area contributed by atoms with E-state index in [1.807, 2.05) is 6.07 Å². The van der Waals surface area contributed by atoms with E-state index >= 15 is 0 Å². The van der Waals surface area contributed by atoms with E-state index in [1.54, 1.807) is 29.2 Å². The summed E-state index contributed by atoms with van der Waals surface area (Å²) in [6, 6.07) is 8.94. The summed E-state index contributed by atoms with van der Waals surface area (Å²) >= 11 is 0.149. The number of piperazine rings is 1. The molecule has 3 aromatic heterocycles. The van der Waals surface area contributed by atoms with E-state index in [0.717, 1.165) is 4.61 Å². The van der Waals surface area contributed by atoms with Crippen LogP contribution in [0.3, 0.4) is 0 Å². The van der Waals surface area contributed by atoms with E-state index in [2.05, 4.69) is 30.3 Å². The van der Waals surface area contributed by atoms with Gasteiger partial charge in [-0.2, -0.15) is 0 Å². The number of alkyl halides is 2. The predicted octanol–water partition coefficient (Wildman–Crippen LogP) is -1.93. The molecule has 0 saturated carbocycles. The number of ether oxygens (including phenoxy) is 5. The van der Waals surface area contributed by atoms with Crippen LogP contribution in [0, 0.1) is 0 Å². The molecule has 18 heteroatoms. The van der Waals surface area contributed by atoms with Crippen molar-refractivity contribution < 1.29 is 64.1 Å². The van der Waals surface area contributed by atoms with Crippen molar-refractivity contribution in [3.8, 4) is 11.6 Å². The van der Waals surface area contributed by atoms with Crippen molar-refractivity contribution >= 4 is 34.4 Å². The number of methoxy groups -OCH3 is 1. The van der Waals surface area contributed by atoms with Crippen molar-refractivity contribution in [2.75, 3.05) is 89.1 Å². The first kappa shape index (κ1) is 39.7. The molecule has 1 aliphatic rings. The number of carbonyl (C=O) groups excluding carboxylic acids is 4. The number of hydrogen-bond donors (Lipinski definition) is 2. The van der Waals surface area contributed by atoms with Crippen LogP contribution >= 0.6 is 0 Å². The predicted molar refractivity (Wildman–Crippen MR) is 186 cm³/mol. The number of Topliss-reactive ketones (excluding diaryl/α,β-unsaturated/α-hetero) is 1. The zero-order chi connectivity index (χ0) is 37.4. The van der Waals surface area contributed by atoms with Crippen LogP contribution in [0.4, 0.5) is 0 Å². The number of rotatable bonds is 21. The fourth-order valence-electron chi connectivity index (χ4n) is 5.45. The Hall–Kier alpha value is -4.50. The first-order valence-electron chi connectivity index (χ1n) is 17.1. The van der Waals surface area contributed by atoms with Crippen LogP contribution in [0.15, 0.2) is 49.1 Å². The Labute approximate surface area is 316 Å². The number of amides is 3. The molecule has 0 atom stereocenters. The molecule has 4 aromatic rings. The summed E-state index contributed by atoms with van der Waals surface area (Å²) in [5.74, 6) is -0.802. The summed E-state index contributed by atoms with van der Waals surface area (Å²) in [5.41, 5.74) is 1.10. The number of aromatic amines is 1. The molecule has 1 saturated heterocycles. The maximum atomic E-state index is 13.6. The summed E-state index contributed by atoms with van der Waals surface area (Å²) in [6.45, 7) is 4.25. The Morgan fingerprint density at radius 2 is 1.53 bits per heavy atom. The molecule has 3 amide bonds. The van der Waals surface area contributed by atoms with E-state index in [-0.39, 0.29) is 71.2 Å². The minimum atomic E-state index is -0.720. The van der Waals surface area contributed by atoms with E-state index in [1.165, 1.54) is 35.4 Å². The molecule has 5 rings (SSSR count). The summed E-state index contributed by atoms with van der Waals surface area (Å²) in [4.78, 5) is 69.2. The second-order valence-corrected chi connectivity index (χ2v) is 13.8. The molecule has 0 unspecified atom stereocenters. The number of nitrogens with zero attached hydrogens (tertiary/aromatic N) is 6. The number of pyridine rings is 1. The molecule has 1 aromatic carbocycles. The van der Waals surface area contributed by atoms with Crippen molar-refractivity contribution in [1.29, 1.82) is 0 Å². The van der Waals surface area contributed by atoms with Gasteiger partial charge in [-0.05, 0) is 12.1 Å². The van der Waals surface area contributed by atoms with Crippen molar-refractivity contribution in [3.05, 3.63) is 66.0 Å². The second kappa shape index (κ2) is 20.7. The third-order valence-corrected chi connectivity index (χ3v) is 9.23. The number of fused-ring (bicyclic) bond motifs is 1. The molecule has 0 aliphatic carbocycles. The monoisotopic (exact) mass is 847 g/mol. The van der Waals surface area contributed by atoms with Crippen LogP contribution in [0.2, 0.25) is 0 Å². The van der Waals surface area contributed by atoms with Gasteiger partial charge in [0, 0.05) is 44.4 Å². The summed E-state index contributed by atoms with van der Waals surface area (Å²) in [5, 5.41) is 7.58. The first-order chi connectivity index (χ1) is 25.9. The van der Waals surface area contributed by atoms with Crippen LogP contribution < -0.4 is 31.3 Å². The summed E-state index contributed by atoms with van der Waals surface area (Å²) in [7, 11) is 1.45. The number of ketones is 1. The standard InChI is InChI=1S/C35H44IN8O9/c1-36-23-53-19-18-52-17-16-51-15-14-50-13-8-29(45)37-22-28-40-24-44(41-28)33-31-30(27(49-2)21-39-33)26(20-38-31)32(46)35(48)43-11-9-42(10-12-43)34(47)25-6-4-3-5-7-25/h3-7,20-21,24,38H,8-19,22-23H2,1-2H3,(H,37,45)/q-1. The SMILES string of the molecule is COc1cnc(-n2cnc(CNC(=O)CCOCCOCCOCCOC[I-]C)n2)c2[nH]cc(C(=O)C(=O)N3CCN(C(=O)c4ccccc4)CC3)c12. The van der Waals surface area contributed by atoms with Gasteiger partial charge in [0.05, 0.1) is 36.3 Å². The summed E-state index contributed by atoms with van der Waals surface area (Å²) in [6.07, 6.45) is 4.48. The van der Waals surface area contributed by atoms with E-state index < -0.39 is 11.7 Å². The minimum Gasteiger partial charge on any atom is -0.357 e. The average molecular weight is 848 g/mol. The van der Waals surface area contributed by atoms with Crippen LogP contribution in [0.25, 0.3) is 16.7 Å². The van der Waals surface area contributed by atoms with Crippen LogP contribution in [-0.2, 0) is 35.1 Å². The van der Waals surface area contributed by atoms with Crippen LogP contribution in [0.1, 0.15) is 33.0 Å². The number of hydrogen-bond acceptors (Lipinski definition) is 12. The molecule has 53 heavy (non-hydrogen) atoms. The van der Waals surface area contributed by atoms with Crippen molar-refractivity contribution in [2.24, 2.45) is 0 Å². The van der Waals surface area contributed by atoms with Crippen molar-refractivity contribution in [1.82, 2.24) is 39.8 Å². The fourth-order valence-corrected chi connectivity index (χ4v) is 6.20. The molecule has 2 N–H and O–H groups in total. The molecular formula is C35H44IN8O9-. The molecule has 1 fully saturated rings. The zero-order valence-electron chi connectivity index (χ0n) is 29.8. The largest absolute Gasteiger partial charge is 0.357 e. The van der Waals surface area contributed by atoms with Gasteiger partial charge >= 0.3 is 95.9 Å². The van der Waals surface area contributed by atoms with Crippen molar-refractivity contribution in [2.45, 2.75) is 13.0 Å².